The number of aromatic carboxylic acids is 1. The normalized spacial score (nSPS) is 10.4. The summed E-state index contributed by atoms with van der Waals surface area (Å²) in [5.74, 6) is -0.0836. The molecule has 0 aliphatic rings. The number of carboxylic acids is 1. The van der Waals surface area contributed by atoms with Crippen molar-refractivity contribution in [3.05, 3.63) is 33.5 Å². The number of H-pyrrole nitrogens is 1. The molecule has 0 radical (unpaired) electrons. The molecule has 2 aromatic rings. The van der Waals surface area contributed by atoms with E-state index in [4.69, 9.17) is 5.11 Å². The summed E-state index contributed by atoms with van der Waals surface area (Å²) in [6.45, 7) is 2.04. The number of carbonyl (C=O) groups is 2. The first-order valence-electron chi connectivity index (χ1n) is 5.44. The summed E-state index contributed by atoms with van der Waals surface area (Å²) in [4.78, 5) is 28.9. The number of thiophene rings is 1. The van der Waals surface area contributed by atoms with E-state index >= 15 is 0 Å². The monoisotopic (exact) mass is 280 g/mol. The number of carbonyl (C=O) groups excluding carboxylic acids is 1. The zero-order valence-corrected chi connectivity index (χ0v) is 11.2. The predicted molar refractivity (Wildman–Crippen MR) is 68.2 cm³/mol. The van der Waals surface area contributed by atoms with Crippen LogP contribution in [0.5, 0.6) is 0 Å². The lowest BCUT2D eigenvalue weighted by atomic mass is 10.4. The van der Waals surface area contributed by atoms with Crippen molar-refractivity contribution in [2.75, 3.05) is 7.05 Å². The van der Waals surface area contributed by atoms with E-state index in [-0.39, 0.29) is 17.3 Å². The molecule has 8 heteroatoms. The molecule has 2 aromatic heterocycles. The average molecular weight is 280 g/mol. The number of carboxylic acid groups (broad SMARTS) is 1. The highest BCUT2D eigenvalue weighted by Crippen LogP contribution is 2.18. The fourth-order valence-electron chi connectivity index (χ4n) is 1.50. The highest BCUT2D eigenvalue weighted by atomic mass is 32.1. The molecule has 7 nitrogen and oxygen atoms in total. The number of amides is 1. The van der Waals surface area contributed by atoms with Crippen LogP contribution in [-0.4, -0.2) is 44.1 Å². The van der Waals surface area contributed by atoms with Crippen molar-refractivity contribution in [2.45, 2.75) is 13.5 Å². The molecule has 0 bridgehead atoms. The molecule has 0 saturated heterocycles. The minimum absolute atomic E-state index is 0.144. The summed E-state index contributed by atoms with van der Waals surface area (Å²) in [5, 5.41) is 15.5. The third kappa shape index (κ3) is 2.97. The lowest BCUT2D eigenvalue weighted by Crippen LogP contribution is -2.26. The Morgan fingerprint density at radius 2 is 2.11 bits per heavy atom. The third-order valence-corrected chi connectivity index (χ3v) is 3.46. The van der Waals surface area contributed by atoms with Crippen molar-refractivity contribution in [1.82, 2.24) is 20.1 Å². The van der Waals surface area contributed by atoms with Gasteiger partial charge in [0.2, 0.25) is 0 Å². The minimum Gasteiger partial charge on any atom is -0.477 e. The van der Waals surface area contributed by atoms with Gasteiger partial charge in [0.25, 0.3) is 5.91 Å². The second-order valence-corrected chi connectivity index (χ2v) is 5.05. The Balaban J connectivity index is 2.07. The average Bonchev–Trinajstić information content (AvgIpc) is 2.97. The van der Waals surface area contributed by atoms with Gasteiger partial charge in [-0.15, -0.1) is 11.3 Å². The zero-order chi connectivity index (χ0) is 14.0. The van der Waals surface area contributed by atoms with Crippen LogP contribution in [0, 0.1) is 6.92 Å². The molecule has 0 aliphatic carbocycles. The largest absolute Gasteiger partial charge is 0.477 e. The molecule has 2 N–H and O–H groups in total. The predicted octanol–water partition coefficient (Wildman–Crippen LogP) is 1.15. The summed E-state index contributed by atoms with van der Waals surface area (Å²) >= 11 is 0.954. The van der Waals surface area contributed by atoms with E-state index in [1.54, 1.807) is 14.0 Å². The van der Waals surface area contributed by atoms with Gasteiger partial charge in [-0.05, 0) is 19.1 Å². The maximum Gasteiger partial charge on any atom is 0.345 e. The van der Waals surface area contributed by atoms with Gasteiger partial charge in [0.1, 0.15) is 10.7 Å². The van der Waals surface area contributed by atoms with Crippen LogP contribution in [0.1, 0.15) is 31.0 Å². The summed E-state index contributed by atoms with van der Waals surface area (Å²) in [5.41, 5.74) is 0. The van der Waals surface area contributed by atoms with Crippen LogP contribution < -0.4 is 0 Å². The van der Waals surface area contributed by atoms with Gasteiger partial charge in [-0.1, -0.05) is 0 Å². The molecule has 0 fully saturated rings. The van der Waals surface area contributed by atoms with Gasteiger partial charge in [0.05, 0.1) is 11.4 Å². The van der Waals surface area contributed by atoms with Gasteiger partial charge in [-0.2, -0.15) is 5.10 Å². The van der Waals surface area contributed by atoms with Crippen LogP contribution in [0.4, 0.5) is 0 Å². The van der Waals surface area contributed by atoms with E-state index in [0.29, 0.717) is 16.5 Å². The van der Waals surface area contributed by atoms with Crippen molar-refractivity contribution in [1.29, 1.82) is 0 Å². The molecule has 0 saturated carbocycles. The van der Waals surface area contributed by atoms with Crippen LogP contribution >= 0.6 is 11.3 Å². The molecule has 100 valence electrons. The quantitative estimate of drug-likeness (QED) is 0.875. The van der Waals surface area contributed by atoms with Crippen molar-refractivity contribution >= 4 is 23.2 Å². The summed E-state index contributed by atoms with van der Waals surface area (Å²) < 4.78 is 0. The Bertz CT molecular complexity index is 619. The number of aromatic amines is 1. The van der Waals surface area contributed by atoms with Gasteiger partial charge in [-0.25, -0.2) is 9.78 Å². The maximum atomic E-state index is 12.1. The first-order valence-corrected chi connectivity index (χ1v) is 6.25. The van der Waals surface area contributed by atoms with Gasteiger partial charge < -0.3 is 10.0 Å². The van der Waals surface area contributed by atoms with Crippen molar-refractivity contribution < 1.29 is 14.7 Å². The van der Waals surface area contributed by atoms with Crippen LogP contribution in [0.3, 0.4) is 0 Å². The second kappa shape index (κ2) is 5.19. The molecule has 19 heavy (non-hydrogen) atoms. The smallest absolute Gasteiger partial charge is 0.345 e. The maximum absolute atomic E-state index is 12.1. The number of nitrogens with one attached hydrogen (secondary N) is 1. The number of nitrogens with zero attached hydrogens (tertiary/aromatic N) is 3. The first kappa shape index (κ1) is 13.2. The lowest BCUT2D eigenvalue weighted by Gasteiger charge is -2.13. The Hall–Kier alpha value is -2.22. The van der Waals surface area contributed by atoms with Crippen molar-refractivity contribution in [3.8, 4) is 0 Å². The van der Waals surface area contributed by atoms with Gasteiger partial charge >= 0.3 is 5.97 Å². The number of hydrogen-bond donors (Lipinski definition) is 2. The Morgan fingerprint density at radius 3 is 2.63 bits per heavy atom. The molecular formula is C11H12N4O3S. The summed E-state index contributed by atoms with van der Waals surface area (Å²) in [6, 6.07) is 2.93. The van der Waals surface area contributed by atoms with Gasteiger partial charge in [0.15, 0.2) is 5.82 Å². The summed E-state index contributed by atoms with van der Waals surface area (Å²) in [7, 11) is 1.62. The van der Waals surface area contributed by atoms with Crippen molar-refractivity contribution in [3.63, 3.8) is 0 Å². The zero-order valence-electron chi connectivity index (χ0n) is 10.4. The number of aromatic nitrogens is 3. The first-order chi connectivity index (χ1) is 8.97. The number of rotatable bonds is 4. The number of hydrogen-bond acceptors (Lipinski definition) is 5. The highest BCUT2D eigenvalue weighted by molar-refractivity contribution is 7.15. The number of aryl methyl sites for hydroxylation is 1. The standard InChI is InChI=1S/C11H12N4O3S/c1-6-12-9(14-13-6)5-15(2)10(16)7-3-4-8(19-7)11(17)18/h3-4H,5H2,1-2H3,(H,17,18)(H,12,13,14). The topological polar surface area (TPSA) is 99.2 Å². The lowest BCUT2D eigenvalue weighted by molar-refractivity contribution is 0.0701. The molecule has 2 heterocycles. The third-order valence-electron chi connectivity index (χ3n) is 2.40. The highest BCUT2D eigenvalue weighted by Gasteiger charge is 2.17. The van der Waals surface area contributed by atoms with E-state index in [2.05, 4.69) is 15.2 Å². The van der Waals surface area contributed by atoms with E-state index in [1.807, 2.05) is 0 Å². The van der Waals surface area contributed by atoms with E-state index in [0.717, 1.165) is 11.3 Å². The van der Waals surface area contributed by atoms with Gasteiger partial charge in [0, 0.05) is 7.05 Å². The molecule has 1 amide bonds. The SMILES string of the molecule is Cc1nc(CN(C)C(=O)c2ccc(C(=O)O)s2)n[nH]1. The minimum atomic E-state index is -1.03. The van der Waals surface area contributed by atoms with Gasteiger partial charge in [-0.3, -0.25) is 9.89 Å². The Morgan fingerprint density at radius 1 is 1.42 bits per heavy atom. The molecule has 2 rings (SSSR count). The Kier molecular flexibility index (Phi) is 3.61. The van der Waals surface area contributed by atoms with Crippen LogP contribution in [0.15, 0.2) is 12.1 Å². The van der Waals surface area contributed by atoms with Crippen LogP contribution in [0.25, 0.3) is 0 Å². The van der Waals surface area contributed by atoms with E-state index < -0.39 is 5.97 Å². The van der Waals surface area contributed by atoms with Crippen LogP contribution in [-0.2, 0) is 6.54 Å². The molecular weight excluding hydrogens is 268 g/mol. The molecule has 0 atom stereocenters. The molecule has 0 aromatic carbocycles. The molecule has 0 aliphatic heterocycles. The molecule has 0 unspecified atom stereocenters. The van der Waals surface area contributed by atoms with E-state index in [9.17, 15) is 9.59 Å². The fourth-order valence-corrected chi connectivity index (χ4v) is 2.34. The fraction of sp³-hybridized carbons (Fsp3) is 0.273. The van der Waals surface area contributed by atoms with Crippen LogP contribution in [0.2, 0.25) is 0 Å². The van der Waals surface area contributed by atoms with E-state index in [1.165, 1.54) is 17.0 Å². The Labute approximate surface area is 112 Å². The summed E-state index contributed by atoms with van der Waals surface area (Å²) in [6.07, 6.45) is 0. The second-order valence-electron chi connectivity index (χ2n) is 3.97. The molecule has 0 spiro atoms. The van der Waals surface area contributed by atoms with Crippen molar-refractivity contribution in [2.24, 2.45) is 0 Å².